The van der Waals surface area contributed by atoms with Crippen LogP contribution in [0.4, 0.5) is 0 Å². The number of nitriles is 1. The van der Waals surface area contributed by atoms with Gasteiger partial charge in [0.2, 0.25) is 0 Å². The summed E-state index contributed by atoms with van der Waals surface area (Å²) < 4.78 is 4.91. The van der Waals surface area contributed by atoms with Crippen molar-refractivity contribution in [2.45, 2.75) is 25.7 Å². The van der Waals surface area contributed by atoms with Crippen LogP contribution in [0.5, 0.6) is 0 Å². The fourth-order valence-corrected chi connectivity index (χ4v) is 1.57. The number of amides is 1. The van der Waals surface area contributed by atoms with E-state index >= 15 is 0 Å². The van der Waals surface area contributed by atoms with Gasteiger partial charge < -0.3 is 10.1 Å². The number of nitrogens with zero attached hydrogens (tertiary/aromatic N) is 1. The smallest absolute Gasteiger partial charge is 0.309 e. The molecule has 0 bridgehead atoms. The van der Waals surface area contributed by atoms with Gasteiger partial charge in [0.1, 0.15) is 0 Å². The zero-order valence-electron chi connectivity index (χ0n) is 9.65. The van der Waals surface area contributed by atoms with Crippen molar-refractivity contribution in [3.05, 3.63) is 12.2 Å². The Kier molecular flexibility index (Phi) is 5.80. The normalized spacial score (nSPS) is 18.2. The van der Waals surface area contributed by atoms with Crippen molar-refractivity contribution >= 4 is 11.9 Å². The van der Waals surface area contributed by atoms with Crippen LogP contribution in [-0.4, -0.2) is 25.0 Å². The molecule has 5 heteroatoms. The van der Waals surface area contributed by atoms with E-state index in [-0.39, 0.29) is 30.8 Å². The molecule has 0 aromatic rings. The number of allylic oxidation sites excluding steroid dienone is 2. The molecule has 5 nitrogen and oxygen atoms in total. The van der Waals surface area contributed by atoms with E-state index in [1.165, 1.54) is 0 Å². The molecule has 0 heterocycles. The van der Waals surface area contributed by atoms with Gasteiger partial charge in [0.25, 0.3) is 5.91 Å². The van der Waals surface area contributed by atoms with E-state index in [1.54, 1.807) is 0 Å². The molecule has 1 aliphatic carbocycles. The zero-order valence-corrected chi connectivity index (χ0v) is 9.65. The van der Waals surface area contributed by atoms with E-state index in [0.717, 1.165) is 12.8 Å². The number of nitrogens with one attached hydrogen (secondary N) is 1. The van der Waals surface area contributed by atoms with Gasteiger partial charge in [0.15, 0.2) is 6.61 Å². The molecular formula is C12H16N2O3. The summed E-state index contributed by atoms with van der Waals surface area (Å²) in [4.78, 5) is 22.7. The van der Waals surface area contributed by atoms with Crippen molar-refractivity contribution in [3.63, 3.8) is 0 Å². The minimum Gasteiger partial charge on any atom is -0.455 e. The number of carbonyl (C=O) groups excluding carboxylic acids is 2. The van der Waals surface area contributed by atoms with Crippen LogP contribution in [0.1, 0.15) is 25.7 Å². The second-order valence-corrected chi connectivity index (χ2v) is 3.85. The standard InChI is InChI=1S/C12H16N2O3/c13-7-4-8-14-11(15)9-17-12(16)10-5-2-1-3-6-10/h1-2,10H,3-6,8-9H2,(H,14,15)/t10-/m1/s1. The first-order chi connectivity index (χ1) is 8.24. The maximum absolute atomic E-state index is 11.5. The summed E-state index contributed by atoms with van der Waals surface area (Å²) in [5.41, 5.74) is 0. The quantitative estimate of drug-likeness (QED) is 0.437. The highest BCUT2D eigenvalue weighted by Crippen LogP contribution is 2.19. The lowest BCUT2D eigenvalue weighted by Gasteiger charge is -2.16. The molecule has 1 rings (SSSR count). The molecule has 0 spiro atoms. The minimum absolute atomic E-state index is 0.119. The Morgan fingerprint density at radius 1 is 1.47 bits per heavy atom. The van der Waals surface area contributed by atoms with Crippen molar-refractivity contribution in [2.24, 2.45) is 5.92 Å². The van der Waals surface area contributed by atoms with Crippen molar-refractivity contribution in [1.29, 1.82) is 5.26 Å². The first kappa shape index (κ1) is 13.2. The summed E-state index contributed by atoms with van der Waals surface area (Å²) in [5, 5.41) is 10.8. The molecule has 1 N–H and O–H groups in total. The Morgan fingerprint density at radius 3 is 2.94 bits per heavy atom. The van der Waals surface area contributed by atoms with Gasteiger partial charge in [-0.1, -0.05) is 12.2 Å². The molecule has 0 saturated carbocycles. The molecule has 17 heavy (non-hydrogen) atoms. The minimum atomic E-state index is -0.361. The maximum atomic E-state index is 11.5. The van der Waals surface area contributed by atoms with Crippen LogP contribution in [0.15, 0.2) is 12.2 Å². The van der Waals surface area contributed by atoms with E-state index in [2.05, 4.69) is 5.32 Å². The van der Waals surface area contributed by atoms with Crippen molar-refractivity contribution in [3.8, 4) is 6.07 Å². The molecule has 0 fully saturated rings. The zero-order chi connectivity index (χ0) is 12.5. The molecule has 92 valence electrons. The summed E-state index contributed by atoms with van der Waals surface area (Å²) in [5.74, 6) is -0.795. The monoisotopic (exact) mass is 236 g/mol. The maximum Gasteiger partial charge on any atom is 0.309 e. The second-order valence-electron chi connectivity index (χ2n) is 3.85. The first-order valence-electron chi connectivity index (χ1n) is 5.69. The van der Waals surface area contributed by atoms with Crippen LogP contribution < -0.4 is 5.32 Å². The first-order valence-corrected chi connectivity index (χ1v) is 5.69. The molecule has 1 amide bonds. The number of esters is 1. The molecule has 0 radical (unpaired) electrons. The topological polar surface area (TPSA) is 79.2 Å². The summed E-state index contributed by atoms with van der Waals surface area (Å²) in [6.45, 7) is 0.0313. The fraction of sp³-hybridized carbons (Fsp3) is 0.583. The average Bonchev–Trinajstić information content (AvgIpc) is 2.37. The second kappa shape index (κ2) is 7.44. The number of ether oxygens (including phenoxy) is 1. The van der Waals surface area contributed by atoms with E-state index < -0.39 is 0 Å². The molecule has 0 aromatic carbocycles. The predicted molar refractivity (Wildman–Crippen MR) is 60.7 cm³/mol. The van der Waals surface area contributed by atoms with Gasteiger partial charge >= 0.3 is 5.97 Å². The third kappa shape index (κ3) is 5.16. The number of rotatable bonds is 5. The summed E-state index contributed by atoms with van der Waals surface area (Å²) >= 11 is 0. The fourth-order valence-electron chi connectivity index (χ4n) is 1.57. The highest BCUT2D eigenvalue weighted by molar-refractivity contribution is 5.81. The predicted octanol–water partition coefficient (Wildman–Crippen LogP) is 0.916. The Hall–Kier alpha value is -1.83. The van der Waals surface area contributed by atoms with Crippen LogP contribution in [0.3, 0.4) is 0 Å². The Balaban J connectivity index is 2.17. The van der Waals surface area contributed by atoms with Crippen molar-refractivity contribution in [2.75, 3.05) is 13.2 Å². The third-order valence-electron chi connectivity index (χ3n) is 2.51. The lowest BCUT2D eigenvalue weighted by atomic mass is 9.95. The molecule has 1 atom stereocenters. The summed E-state index contributed by atoms with van der Waals surface area (Å²) in [6.07, 6.45) is 6.61. The van der Waals surface area contributed by atoms with Crippen LogP contribution >= 0.6 is 0 Å². The van der Waals surface area contributed by atoms with E-state index in [9.17, 15) is 9.59 Å². The Morgan fingerprint density at radius 2 is 2.29 bits per heavy atom. The highest BCUT2D eigenvalue weighted by atomic mass is 16.5. The highest BCUT2D eigenvalue weighted by Gasteiger charge is 2.20. The molecule has 0 aromatic heterocycles. The van der Waals surface area contributed by atoms with Crippen LogP contribution in [0, 0.1) is 17.2 Å². The number of hydrogen-bond acceptors (Lipinski definition) is 4. The third-order valence-corrected chi connectivity index (χ3v) is 2.51. The largest absolute Gasteiger partial charge is 0.455 e. The van der Waals surface area contributed by atoms with Gasteiger partial charge in [0, 0.05) is 6.54 Å². The van der Waals surface area contributed by atoms with Gasteiger partial charge in [0.05, 0.1) is 18.4 Å². The molecular weight excluding hydrogens is 220 g/mol. The summed E-state index contributed by atoms with van der Waals surface area (Å²) in [7, 11) is 0. The van der Waals surface area contributed by atoms with Crippen molar-refractivity contribution in [1.82, 2.24) is 5.32 Å². The SMILES string of the molecule is N#CCCNC(=O)COC(=O)[C@@H]1CC=CCC1. The van der Waals surface area contributed by atoms with E-state index in [4.69, 9.17) is 10.00 Å². The van der Waals surface area contributed by atoms with Crippen LogP contribution in [-0.2, 0) is 14.3 Å². The lowest BCUT2D eigenvalue weighted by Crippen LogP contribution is -2.31. The van der Waals surface area contributed by atoms with Gasteiger partial charge in [-0.25, -0.2) is 0 Å². The van der Waals surface area contributed by atoms with Crippen LogP contribution in [0.2, 0.25) is 0 Å². The van der Waals surface area contributed by atoms with Crippen LogP contribution in [0.25, 0.3) is 0 Å². The van der Waals surface area contributed by atoms with E-state index in [1.807, 2.05) is 18.2 Å². The average molecular weight is 236 g/mol. The van der Waals surface area contributed by atoms with Crippen molar-refractivity contribution < 1.29 is 14.3 Å². The molecule has 0 saturated heterocycles. The van der Waals surface area contributed by atoms with Gasteiger partial charge in [-0.15, -0.1) is 0 Å². The Labute approximate surface area is 100 Å². The molecule has 0 unspecified atom stereocenters. The van der Waals surface area contributed by atoms with Gasteiger partial charge in [-0.3, -0.25) is 9.59 Å². The number of hydrogen-bond donors (Lipinski definition) is 1. The number of carbonyl (C=O) groups is 2. The van der Waals surface area contributed by atoms with Gasteiger partial charge in [-0.05, 0) is 19.3 Å². The Bertz CT molecular complexity index is 344. The van der Waals surface area contributed by atoms with Gasteiger partial charge in [-0.2, -0.15) is 5.26 Å². The molecule has 0 aliphatic heterocycles. The molecule has 1 aliphatic rings. The lowest BCUT2D eigenvalue weighted by molar-refractivity contribution is -0.152. The summed E-state index contributed by atoms with van der Waals surface area (Å²) in [6, 6.07) is 1.91. The van der Waals surface area contributed by atoms with E-state index in [0.29, 0.717) is 13.0 Å².